The zero-order valence-electron chi connectivity index (χ0n) is 7.28. The number of hydrogen-bond acceptors (Lipinski definition) is 0. The summed E-state index contributed by atoms with van der Waals surface area (Å²) in [4.78, 5) is 0. The van der Waals surface area contributed by atoms with Crippen LogP contribution >= 0.6 is 0 Å². The van der Waals surface area contributed by atoms with Crippen molar-refractivity contribution in [3.63, 3.8) is 0 Å². The Bertz CT molecular complexity index is 55.1. The molecule has 0 heterocycles. The molecule has 0 aromatic heterocycles. The Hall–Kier alpha value is 1.95. The molecule has 0 fully saturated rings. The van der Waals surface area contributed by atoms with Crippen molar-refractivity contribution in [2.24, 2.45) is 0 Å². The zero-order chi connectivity index (χ0) is 7.28. The number of rotatable bonds is 4. The summed E-state index contributed by atoms with van der Waals surface area (Å²) in [5, 5.41) is 0. The van der Waals surface area contributed by atoms with Gasteiger partial charge in [0.2, 0.25) is 0 Å². The van der Waals surface area contributed by atoms with E-state index in [1.54, 1.807) is 39.0 Å². The van der Waals surface area contributed by atoms with Crippen molar-refractivity contribution in [2.75, 3.05) is 0 Å². The third kappa shape index (κ3) is 7.85. The van der Waals surface area contributed by atoms with Crippen LogP contribution in [0.1, 0.15) is 0 Å². The summed E-state index contributed by atoms with van der Waals surface area (Å²) in [6.07, 6.45) is 0. The van der Waals surface area contributed by atoms with Gasteiger partial charge < -0.3 is 0 Å². The highest BCUT2D eigenvalue weighted by molar-refractivity contribution is 7.79. The van der Waals surface area contributed by atoms with Crippen LogP contribution in [0.25, 0.3) is 0 Å². The van der Waals surface area contributed by atoms with E-state index < -0.39 is 0 Å². The van der Waals surface area contributed by atoms with Gasteiger partial charge in [0.25, 0.3) is 0 Å². The highest BCUT2D eigenvalue weighted by Crippen LogP contribution is 1.66. The van der Waals surface area contributed by atoms with Crippen molar-refractivity contribution in [2.45, 2.75) is 0 Å². The summed E-state index contributed by atoms with van der Waals surface area (Å²) >= 11 is 0. The lowest BCUT2D eigenvalue weighted by Gasteiger charge is -2.04. The van der Waals surface area contributed by atoms with Crippen molar-refractivity contribution in [3.05, 3.63) is 0 Å². The first-order valence-corrected chi connectivity index (χ1v) is 37.5. The summed E-state index contributed by atoms with van der Waals surface area (Å²) in [5.41, 5.74) is 0. The second-order valence-electron chi connectivity index (χ2n) is 3.48. The molecule has 0 aliphatic rings. The Morgan fingerprint density at radius 3 is 1.89 bits per heavy atom. The summed E-state index contributed by atoms with van der Waals surface area (Å²) in [7, 11) is 10.2. The first-order valence-electron chi connectivity index (χ1n) is 4.16. The van der Waals surface area contributed by atoms with E-state index in [2.05, 4.69) is 0 Å². The molecule has 0 aliphatic carbocycles. The van der Waals surface area contributed by atoms with Gasteiger partial charge in [0, 0.05) is 0 Å². The maximum Gasteiger partial charge on any atom is -0.00751 e. The molecular formula is H20Si9. The highest BCUT2D eigenvalue weighted by atomic mass is 30.1. The molecule has 0 aliphatic heterocycles. The number of hydrogen-bond donors (Lipinski definition) is 0. The second kappa shape index (κ2) is 6.65. The minimum Gasteiger partial charge on any atom is -0.0119 e. The Morgan fingerprint density at radius 2 is 1.56 bits per heavy atom. The lowest BCUT2D eigenvalue weighted by atomic mass is 26.1. The van der Waals surface area contributed by atoms with Gasteiger partial charge in [-0.1, -0.05) is 0 Å². The summed E-state index contributed by atoms with van der Waals surface area (Å²) in [6.45, 7) is 0. The van der Waals surface area contributed by atoms with Gasteiger partial charge in [-0.05, 0) is 79.4 Å². The lowest BCUT2D eigenvalue weighted by Crippen LogP contribution is -2.42. The molecule has 0 radical (unpaired) electrons. The molecule has 0 aromatic rings. The average Bonchev–Trinajstić information content (AvgIpc) is 1.83. The molecule has 0 rings (SSSR count). The second-order valence-corrected chi connectivity index (χ2v) is 94.1. The van der Waals surface area contributed by atoms with Crippen LogP contribution in [0, 0.1) is 0 Å². The molecule has 56 valence electrons. The molecule has 0 saturated heterocycles. The molecule has 1 atom stereocenters. The molecule has 1 unspecified atom stereocenters. The van der Waals surface area contributed by atoms with Crippen molar-refractivity contribution in [1.29, 1.82) is 0 Å². The molecule has 0 saturated carbocycles. The normalized spacial score (nSPS) is 22.7. The Kier molecular flexibility index (Phi) is 8.09. The molecular weight excluding hydrogens is 253 g/mol. The van der Waals surface area contributed by atoms with Crippen LogP contribution in [0.5, 0.6) is 0 Å². The summed E-state index contributed by atoms with van der Waals surface area (Å²) in [5.74, 6) is 0. The predicted molar refractivity (Wildman–Crippen MR) is 79.7 cm³/mol. The smallest absolute Gasteiger partial charge is 0.00751 e. The van der Waals surface area contributed by atoms with Gasteiger partial charge in [-0.25, -0.2) is 0 Å². The molecule has 0 aromatic carbocycles. The minimum atomic E-state index is 0.332. The van der Waals surface area contributed by atoms with E-state index in [1.807, 2.05) is 0 Å². The van der Waals surface area contributed by atoms with Crippen molar-refractivity contribution < 1.29 is 0 Å². The predicted octanol–water partition coefficient (Wildman–Crippen LogP) is -8.78. The molecule has 0 amide bonds. The van der Waals surface area contributed by atoms with Gasteiger partial charge >= 0.3 is 0 Å². The molecule has 9 heteroatoms. The first kappa shape index (κ1) is 11.0. The zero-order valence-corrected chi connectivity index (χ0v) is 21.8. The third-order valence-corrected chi connectivity index (χ3v) is 157. The van der Waals surface area contributed by atoms with Crippen LogP contribution in [-0.4, -0.2) is 79.4 Å². The van der Waals surface area contributed by atoms with E-state index in [1.165, 1.54) is 0 Å². The third-order valence-electron chi connectivity index (χ3n) is 1.93. The van der Waals surface area contributed by atoms with Crippen LogP contribution < -0.4 is 0 Å². The topological polar surface area (TPSA) is 0 Å². The molecule has 0 spiro atoms. The van der Waals surface area contributed by atoms with E-state index in [0.29, 0.717) is 14.7 Å². The molecule has 0 nitrogen and oxygen atoms in total. The van der Waals surface area contributed by atoms with Gasteiger partial charge in [0.15, 0.2) is 0 Å². The molecule has 9 heavy (non-hydrogen) atoms. The van der Waals surface area contributed by atoms with Crippen LogP contribution in [0.4, 0.5) is 0 Å². The fraction of sp³-hybridized carbons (Fsp3) is 0. The SMILES string of the molecule is [SiH3][SiH2][SiH]([SiH3])[SiH2][SiH2][SiH]([SiH3])[SiH3]. The van der Waals surface area contributed by atoms with Gasteiger partial charge in [-0.2, -0.15) is 0 Å². The Labute approximate surface area is 79.0 Å². The van der Waals surface area contributed by atoms with Crippen molar-refractivity contribution in [1.82, 2.24) is 0 Å². The van der Waals surface area contributed by atoms with Gasteiger partial charge in [0.1, 0.15) is 0 Å². The minimum absolute atomic E-state index is 0.332. The maximum atomic E-state index is 1.78. The van der Waals surface area contributed by atoms with E-state index in [9.17, 15) is 0 Å². The lowest BCUT2D eigenvalue weighted by molar-refractivity contribution is 3.72. The summed E-state index contributed by atoms with van der Waals surface area (Å²) in [6, 6.07) is 0. The van der Waals surface area contributed by atoms with E-state index in [-0.39, 0.29) is 0 Å². The fourth-order valence-corrected chi connectivity index (χ4v) is 200. The van der Waals surface area contributed by atoms with Crippen LogP contribution in [0.2, 0.25) is 0 Å². The standard InChI is InChI=1S/H20Si9/c1-5-9(4)7-6-8(2)3/h8-9H,5-7H2,1-4H3. The van der Waals surface area contributed by atoms with Crippen molar-refractivity contribution >= 4 is 79.4 Å². The van der Waals surface area contributed by atoms with E-state index >= 15 is 0 Å². The quantitative estimate of drug-likeness (QED) is 0.446. The van der Waals surface area contributed by atoms with E-state index in [0.717, 1.165) is 25.7 Å². The fourth-order valence-electron chi connectivity index (χ4n) is 0.822. The Balaban J connectivity index is 3.06. The maximum absolute atomic E-state index is 1.78. The van der Waals surface area contributed by atoms with Crippen molar-refractivity contribution in [3.8, 4) is 0 Å². The van der Waals surface area contributed by atoms with Crippen LogP contribution in [0.15, 0.2) is 0 Å². The van der Waals surface area contributed by atoms with Gasteiger partial charge in [0.05, 0.1) is 0 Å². The monoisotopic (exact) mass is 272 g/mol. The summed E-state index contributed by atoms with van der Waals surface area (Å²) < 4.78 is 0. The van der Waals surface area contributed by atoms with E-state index in [4.69, 9.17) is 0 Å². The Morgan fingerprint density at radius 1 is 1.00 bits per heavy atom. The average molecular weight is 273 g/mol. The van der Waals surface area contributed by atoms with Gasteiger partial charge in [-0.15, -0.1) is 0 Å². The van der Waals surface area contributed by atoms with Crippen LogP contribution in [0.3, 0.4) is 0 Å². The molecule has 0 bridgehead atoms. The van der Waals surface area contributed by atoms with Crippen LogP contribution in [-0.2, 0) is 0 Å². The first-order chi connectivity index (χ1) is 4.16. The molecule has 0 N–H and O–H groups in total. The highest BCUT2D eigenvalue weighted by Gasteiger charge is 2.03. The largest absolute Gasteiger partial charge is 0.0119 e. The van der Waals surface area contributed by atoms with Gasteiger partial charge in [-0.3, -0.25) is 0 Å².